The van der Waals surface area contributed by atoms with Crippen LogP contribution in [0.25, 0.3) is 0 Å². The third-order valence-electron chi connectivity index (χ3n) is 3.78. The van der Waals surface area contributed by atoms with Crippen molar-refractivity contribution in [3.05, 3.63) is 29.8 Å². The Morgan fingerprint density at radius 2 is 1.81 bits per heavy atom. The zero-order valence-corrected chi connectivity index (χ0v) is 16.5. The molecule has 0 fully saturated rings. The molecule has 0 unspecified atom stereocenters. The summed E-state index contributed by atoms with van der Waals surface area (Å²) in [6, 6.07) is 7.16. The smallest absolute Gasteiger partial charge is 0.307 e. The fraction of sp³-hybridized carbons (Fsp3) is 0.600. The van der Waals surface area contributed by atoms with Crippen LogP contribution in [0.2, 0.25) is 0 Å². The second kappa shape index (κ2) is 11.5. The zero-order chi connectivity index (χ0) is 19.4. The van der Waals surface area contributed by atoms with Crippen LogP contribution in [-0.4, -0.2) is 63.8 Å². The van der Waals surface area contributed by atoms with Crippen LogP contribution in [0.5, 0.6) is 5.75 Å². The van der Waals surface area contributed by atoms with Crippen molar-refractivity contribution in [1.82, 2.24) is 5.32 Å². The van der Waals surface area contributed by atoms with Crippen molar-refractivity contribution in [2.75, 3.05) is 47.4 Å². The van der Waals surface area contributed by atoms with Gasteiger partial charge in [0.1, 0.15) is 18.9 Å². The monoisotopic (exact) mass is 365 g/mol. The molecule has 0 aromatic heterocycles. The van der Waals surface area contributed by atoms with Gasteiger partial charge in [-0.05, 0) is 18.6 Å². The summed E-state index contributed by atoms with van der Waals surface area (Å²) in [5.41, 5.74) is 0.488. The average molecular weight is 365 g/mol. The van der Waals surface area contributed by atoms with E-state index in [2.05, 4.69) is 12.2 Å². The van der Waals surface area contributed by atoms with Gasteiger partial charge in [0, 0.05) is 6.54 Å². The van der Waals surface area contributed by atoms with E-state index < -0.39 is 0 Å². The molecule has 26 heavy (non-hydrogen) atoms. The summed E-state index contributed by atoms with van der Waals surface area (Å²) in [6.45, 7) is 4.10. The molecule has 146 valence electrons. The first-order chi connectivity index (χ1) is 12.3. The molecule has 0 aliphatic carbocycles. The van der Waals surface area contributed by atoms with Crippen molar-refractivity contribution < 1.29 is 23.5 Å². The van der Waals surface area contributed by atoms with Crippen molar-refractivity contribution in [1.29, 1.82) is 0 Å². The third-order valence-corrected chi connectivity index (χ3v) is 3.78. The Kier molecular flexibility index (Phi) is 9.73. The molecule has 6 heteroatoms. The molecule has 0 bridgehead atoms. The van der Waals surface area contributed by atoms with E-state index in [-0.39, 0.29) is 24.8 Å². The number of quaternary nitrogens is 1. The van der Waals surface area contributed by atoms with Gasteiger partial charge in [0.05, 0.1) is 39.7 Å². The highest BCUT2D eigenvalue weighted by atomic mass is 16.5. The molecule has 1 N–H and O–H groups in total. The number of benzene rings is 1. The standard InChI is InChI=1S/C20H32N2O4/c1-5-6-9-15-25-18-11-8-7-10-17(18)20(24)21-13-12-19(23)26-16-14-22(2,3)4/h7-8,10-11H,5-6,9,12-16H2,1-4H3/p+1. The zero-order valence-electron chi connectivity index (χ0n) is 16.5. The van der Waals surface area contributed by atoms with E-state index in [0.717, 1.165) is 30.3 Å². The fourth-order valence-corrected chi connectivity index (χ4v) is 2.19. The highest BCUT2D eigenvalue weighted by molar-refractivity contribution is 5.97. The second-order valence-corrected chi connectivity index (χ2v) is 7.29. The van der Waals surface area contributed by atoms with Crippen LogP contribution in [0.1, 0.15) is 43.0 Å². The Labute approximate surface area is 157 Å². The Hall–Kier alpha value is -2.08. The molecule has 0 heterocycles. The van der Waals surface area contributed by atoms with E-state index in [1.807, 2.05) is 27.2 Å². The molecule has 0 aliphatic rings. The van der Waals surface area contributed by atoms with Gasteiger partial charge in [0.25, 0.3) is 5.91 Å². The molecule has 0 spiro atoms. The fourth-order valence-electron chi connectivity index (χ4n) is 2.19. The number of nitrogens with zero attached hydrogens (tertiary/aromatic N) is 1. The number of para-hydroxylation sites is 1. The molecular weight excluding hydrogens is 332 g/mol. The summed E-state index contributed by atoms with van der Waals surface area (Å²) in [6.07, 6.45) is 3.34. The summed E-state index contributed by atoms with van der Waals surface area (Å²) < 4.78 is 11.6. The highest BCUT2D eigenvalue weighted by Crippen LogP contribution is 2.18. The first-order valence-corrected chi connectivity index (χ1v) is 9.29. The average Bonchev–Trinajstić information content (AvgIpc) is 2.58. The Balaban J connectivity index is 2.37. The first kappa shape index (κ1) is 22.0. The minimum absolute atomic E-state index is 0.155. The number of esters is 1. The number of hydrogen-bond acceptors (Lipinski definition) is 4. The molecule has 0 atom stereocenters. The summed E-state index contributed by atoms with van der Waals surface area (Å²) in [7, 11) is 6.11. The predicted molar refractivity (Wildman–Crippen MR) is 102 cm³/mol. The lowest BCUT2D eigenvalue weighted by Crippen LogP contribution is -2.38. The van der Waals surface area contributed by atoms with Crippen LogP contribution in [0, 0.1) is 0 Å². The Morgan fingerprint density at radius 1 is 1.08 bits per heavy atom. The van der Waals surface area contributed by atoms with E-state index >= 15 is 0 Å². The second-order valence-electron chi connectivity index (χ2n) is 7.29. The quantitative estimate of drug-likeness (QED) is 0.351. The first-order valence-electron chi connectivity index (χ1n) is 9.29. The van der Waals surface area contributed by atoms with Gasteiger partial charge in [-0.15, -0.1) is 0 Å². The topological polar surface area (TPSA) is 64.6 Å². The lowest BCUT2D eigenvalue weighted by Gasteiger charge is -2.23. The van der Waals surface area contributed by atoms with Gasteiger partial charge >= 0.3 is 5.97 Å². The van der Waals surface area contributed by atoms with Gasteiger partial charge in [-0.25, -0.2) is 0 Å². The lowest BCUT2D eigenvalue weighted by molar-refractivity contribution is -0.870. The maximum Gasteiger partial charge on any atom is 0.307 e. The molecule has 1 aromatic rings. The van der Waals surface area contributed by atoms with Crippen LogP contribution in [0.15, 0.2) is 24.3 Å². The number of hydrogen-bond donors (Lipinski definition) is 1. The number of rotatable bonds is 12. The lowest BCUT2D eigenvalue weighted by atomic mass is 10.2. The highest BCUT2D eigenvalue weighted by Gasteiger charge is 2.13. The maximum absolute atomic E-state index is 12.3. The molecule has 0 radical (unpaired) electrons. The maximum atomic E-state index is 12.3. The molecule has 0 saturated carbocycles. The van der Waals surface area contributed by atoms with Gasteiger partial charge in [-0.1, -0.05) is 31.9 Å². The van der Waals surface area contributed by atoms with Crippen molar-refractivity contribution in [3.63, 3.8) is 0 Å². The molecule has 6 nitrogen and oxygen atoms in total. The third kappa shape index (κ3) is 9.42. The van der Waals surface area contributed by atoms with Crippen molar-refractivity contribution in [2.24, 2.45) is 0 Å². The molecule has 1 aromatic carbocycles. The molecule has 0 aliphatic heterocycles. The summed E-state index contributed by atoms with van der Waals surface area (Å²) in [5, 5.41) is 2.75. The molecular formula is C20H33N2O4+. The van der Waals surface area contributed by atoms with E-state index in [4.69, 9.17) is 9.47 Å². The van der Waals surface area contributed by atoms with Gasteiger partial charge in [-0.2, -0.15) is 0 Å². The number of nitrogens with one attached hydrogen (secondary N) is 1. The van der Waals surface area contributed by atoms with Gasteiger partial charge < -0.3 is 19.3 Å². The van der Waals surface area contributed by atoms with Crippen LogP contribution < -0.4 is 10.1 Å². The number of likely N-dealkylation sites (N-methyl/N-ethyl adjacent to an activating group) is 1. The van der Waals surface area contributed by atoms with Crippen LogP contribution in [0.4, 0.5) is 0 Å². The summed E-state index contributed by atoms with van der Waals surface area (Å²) in [4.78, 5) is 24.0. The van der Waals surface area contributed by atoms with Crippen LogP contribution in [0.3, 0.4) is 0 Å². The number of ether oxygens (including phenoxy) is 2. The van der Waals surface area contributed by atoms with E-state index in [1.54, 1.807) is 18.2 Å². The van der Waals surface area contributed by atoms with Gasteiger partial charge in [-0.3, -0.25) is 9.59 Å². The van der Waals surface area contributed by atoms with E-state index in [0.29, 0.717) is 24.5 Å². The summed E-state index contributed by atoms with van der Waals surface area (Å²) >= 11 is 0. The molecule has 1 amide bonds. The normalized spacial score (nSPS) is 11.1. The largest absolute Gasteiger partial charge is 0.493 e. The minimum atomic E-state index is -0.303. The van der Waals surface area contributed by atoms with E-state index in [1.165, 1.54) is 0 Å². The minimum Gasteiger partial charge on any atom is -0.493 e. The van der Waals surface area contributed by atoms with Crippen molar-refractivity contribution >= 4 is 11.9 Å². The Morgan fingerprint density at radius 3 is 2.50 bits per heavy atom. The number of amides is 1. The van der Waals surface area contributed by atoms with E-state index in [9.17, 15) is 9.59 Å². The SMILES string of the molecule is CCCCCOc1ccccc1C(=O)NCCC(=O)OCC[N+](C)(C)C. The number of carbonyl (C=O) groups is 2. The van der Waals surface area contributed by atoms with Gasteiger partial charge in [0.15, 0.2) is 0 Å². The van der Waals surface area contributed by atoms with Crippen LogP contribution >= 0.6 is 0 Å². The molecule has 0 saturated heterocycles. The Bertz CT molecular complexity index is 567. The van der Waals surface area contributed by atoms with Crippen molar-refractivity contribution in [3.8, 4) is 5.75 Å². The summed E-state index contributed by atoms with van der Waals surface area (Å²) in [5.74, 6) is 0.0322. The predicted octanol–water partition coefficient (Wildman–Crippen LogP) is 2.62. The number of unbranched alkanes of at least 4 members (excludes halogenated alkanes) is 2. The molecule has 1 rings (SSSR count). The van der Waals surface area contributed by atoms with Gasteiger partial charge in [0.2, 0.25) is 0 Å². The van der Waals surface area contributed by atoms with Crippen LogP contribution in [-0.2, 0) is 9.53 Å². The van der Waals surface area contributed by atoms with Crippen molar-refractivity contribution in [2.45, 2.75) is 32.6 Å². The number of carbonyl (C=O) groups excluding carboxylic acids is 2.